The van der Waals surface area contributed by atoms with Crippen LogP contribution in [0.5, 0.6) is 0 Å². The van der Waals surface area contributed by atoms with Crippen LogP contribution < -0.4 is 16.0 Å². The minimum absolute atomic E-state index is 0.174. The maximum atomic E-state index is 14.1. The summed E-state index contributed by atoms with van der Waals surface area (Å²) in [6.45, 7) is 3.53. The molecular formula is C23H24FN3O5. The predicted molar refractivity (Wildman–Crippen MR) is 114 cm³/mol. The highest BCUT2D eigenvalue weighted by molar-refractivity contribution is 6.10. The van der Waals surface area contributed by atoms with Gasteiger partial charge in [-0.15, -0.1) is 0 Å². The van der Waals surface area contributed by atoms with E-state index in [4.69, 9.17) is 4.74 Å². The summed E-state index contributed by atoms with van der Waals surface area (Å²) in [5.74, 6) is -2.84. The summed E-state index contributed by atoms with van der Waals surface area (Å²) in [6, 6.07) is 9.57. The van der Waals surface area contributed by atoms with Crippen LogP contribution in [0.15, 0.2) is 42.5 Å². The Labute approximate surface area is 184 Å². The first-order valence-electron chi connectivity index (χ1n) is 10.4. The number of hydrogen-bond acceptors (Lipinski definition) is 6. The number of aliphatic hydroxyl groups excluding tert-OH is 1. The standard InChI is InChI=1S/C23H24FN3O5/c1-3-32-21(30)13-4-7-15(8-5-13)25-20(29)17-11-19(12(2)28)27-23(17)16-10-14(24)6-9-18(16)26-22(23)31/h4-10,12,17,19,27-28H,3,11H2,1-2H3,(H,25,29)(H,26,31)/t12-,17-,19+,23+/m1/s1. The lowest BCUT2D eigenvalue weighted by Crippen LogP contribution is -2.53. The fourth-order valence-corrected chi connectivity index (χ4v) is 4.42. The number of amides is 2. The Morgan fingerprint density at radius 3 is 2.66 bits per heavy atom. The van der Waals surface area contributed by atoms with Gasteiger partial charge < -0.3 is 20.5 Å². The Hall–Kier alpha value is -3.30. The summed E-state index contributed by atoms with van der Waals surface area (Å²) in [4.78, 5) is 38.2. The van der Waals surface area contributed by atoms with Crippen molar-refractivity contribution in [1.29, 1.82) is 0 Å². The van der Waals surface area contributed by atoms with Crippen molar-refractivity contribution < 1.29 is 28.6 Å². The van der Waals surface area contributed by atoms with Crippen molar-refractivity contribution in [3.63, 3.8) is 0 Å². The Morgan fingerprint density at radius 2 is 2.00 bits per heavy atom. The lowest BCUT2D eigenvalue weighted by atomic mass is 9.79. The third-order valence-electron chi connectivity index (χ3n) is 6.00. The summed E-state index contributed by atoms with van der Waals surface area (Å²) in [6.07, 6.45) is -0.660. The average molecular weight is 441 g/mol. The highest BCUT2D eigenvalue weighted by Crippen LogP contribution is 2.47. The lowest BCUT2D eigenvalue weighted by Gasteiger charge is -2.29. The summed E-state index contributed by atoms with van der Waals surface area (Å²) in [5, 5.41) is 18.7. The molecule has 32 heavy (non-hydrogen) atoms. The van der Waals surface area contributed by atoms with Crippen LogP contribution in [-0.4, -0.2) is 41.6 Å². The number of ether oxygens (including phenoxy) is 1. The molecule has 2 aromatic rings. The van der Waals surface area contributed by atoms with E-state index in [1.165, 1.54) is 30.3 Å². The van der Waals surface area contributed by atoms with Crippen molar-refractivity contribution in [3.8, 4) is 0 Å². The molecule has 4 rings (SSSR count). The number of halogens is 1. The van der Waals surface area contributed by atoms with E-state index in [0.29, 0.717) is 22.5 Å². The van der Waals surface area contributed by atoms with Crippen molar-refractivity contribution in [2.75, 3.05) is 17.2 Å². The van der Waals surface area contributed by atoms with Gasteiger partial charge in [0.1, 0.15) is 11.4 Å². The van der Waals surface area contributed by atoms with E-state index in [0.717, 1.165) is 0 Å². The van der Waals surface area contributed by atoms with Crippen molar-refractivity contribution >= 4 is 29.2 Å². The third-order valence-corrected chi connectivity index (χ3v) is 6.00. The number of benzene rings is 2. The maximum Gasteiger partial charge on any atom is 0.338 e. The zero-order valence-corrected chi connectivity index (χ0v) is 17.6. The smallest absolute Gasteiger partial charge is 0.338 e. The summed E-state index contributed by atoms with van der Waals surface area (Å²) >= 11 is 0. The first-order chi connectivity index (χ1) is 15.3. The molecule has 0 radical (unpaired) electrons. The topological polar surface area (TPSA) is 117 Å². The minimum Gasteiger partial charge on any atom is -0.462 e. The van der Waals surface area contributed by atoms with Crippen LogP contribution in [0.3, 0.4) is 0 Å². The Kier molecular flexibility index (Phi) is 5.70. The van der Waals surface area contributed by atoms with Gasteiger partial charge in [0.15, 0.2) is 0 Å². The molecule has 2 aromatic carbocycles. The Balaban J connectivity index is 1.64. The van der Waals surface area contributed by atoms with E-state index in [2.05, 4.69) is 16.0 Å². The van der Waals surface area contributed by atoms with Crippen LogP contribution in [0, 0.1) is 11.7 Å². The zero-order valence-electron chi connectivity index (χ0n) is 17.6. The first kappa shape index (κ1) is 21.9. The number of anilines is 2. The van der Waals surface area contributed by atoms with Crippen molar-refractivity contribution in [3.05, 3.63) is 59.4 Å². The second kappa shape index (κ2) is 8.33. The van der Waals surface area contributed by atoms with Crippen LogP contribution in [0.4, 0.5) is 15.8 Å². The van der Waals surface area contributed by atoms with Crippen LogP contribution >= 0.6 is 0 Å². The van der Waals surface area contributed by atoms with Gasteiger partial charge in [-0.1, -0.05) is 0 Å². The monoisotopic (exact) mass is 441 g/mol. The van der Waals surface area contributed by atoms with E-state index >= 15 is 0 Å². The molecule has 2 aliphatic rings. The maximum absolute atomic E-state index is 14.1. The van der Waals surface area contributed by atoms with Crippen molar-refractivity contribution in [2.24, 2.45) is 5.92 Å². The molecule has 2 aliphatic heterocycles. The molecule has 4 atom stereocenters. The molecule has 0 aliphatic carbocycles. The molecule has 8 nitrogen and oxygen atoms in total. The molecule has 1 spiro atoms. The van der Waals surface area contributed by atoms with Gasteiger partial charge in [0.25, 0.3) is 0 Å². The normalized spacial score (nSPS) is 24.7. The number of hydrogen-bond donors (Lipinski definition) is 4. The number of fused-ring (bicyclic) bond motifs is 2. The lowest BCUT2D eigenvalue weighted by molar-refractivity contribution is -0.130. The summed E-state index contributed by atoms with van der Waals surface area (Å²) < 4.78 is 19.0. The number of aliphatic hydroxyl groups is 1. The predicted octanol–water partition coefficient (Wildman–Crippen LogP) is 2.15. The van der Waals surface area contributed by atoms with Crippen LogP contribution in [-0.2, 0) is 19.9 Å². The molecule has 0 aromatic heterocycles. The van der Waals surface area contributed by atoms with E-state index in [-0.39, 0.29) is 13.0 Å². The van der Waals surface area contributed by atoms with Gasteiger partial charge in [0.05, 0.1) is 24.2 Å². The number of carbonyl (C=O) groups excluding carboxylic acids is 3. The van der Waals surface area contributed by atoms with Gasteiger partial charge in [-0.2, -0.15) is 0 Å². The van der Waals surface area contributed by atoms with Gasteiger partial charge in [0, 0.05) is 23.0 Å². The minimum atomic E-state index is -1.51. The SMILES string of the molecule is CCOC(=O)c1ccc(NC(=O)[C@H]2C[C@@H]([C@@H](C)O)N[C@]23C(=O)Nc2ccc(F)cc23)cc1. The molecule has 4 N–H and O–H groups in total. The summed E-state index contributed by atoms with van der Waals surface area (Å²) in [7, 11) is 0. The van der Waals surface area contributed by atoms with Gasteiger partial charge in [-0.25, -0.2) is 9.18 Å². The third kappa shape index (κ3) is 3.63. The van der Waals surface area contributed by atoms with Crippen molar-refractivity contribution in [2.45, 2.75) is 38.0 Å². The van der Waals surface area contributed by atoms with Crippen LogP contribution in [0.25, 0.3) is 0 Å². The molecule has 1 saturated heterocycles. The van der Waals surface area contributed by atoms with Gasteiger partial charge in [0.2, 0.25) is 11.8 Å². The number of nitrogens with one attached hydrogen (secondary N) is 3. The quantitative estimate of drug-likeness (QED) is 0.529. The van der Waals surface area contributed by atoms with Crippen LogP contribution in [0.1, 0.15) is 36.2 Å². The van der Waals surface area contributed by atoms with E-state index in [1.54, 1.807) is 26.0 Å². The molecule has 2 amide bonds. The molecule has 0 unspecified atom stereocenters. The highest BCUT2D eigenvalue weighted by Gasteiger charge is 2.60. The highest BCUT2D eigenvalue weighted by atomic mass is 19.1. The van der Waals surface area contributed by atoms with E-state index in [1.807, 2.05) is 0 Å². The molecular weight excluding hydrogens is 417 g/mol. The zero-order chi connectivity index (χ0) is 23.0. The number of carbonyl (C=O) groups is 3. The van der Waals surface area contributed by atoms with Gasteiger partial charge >= 0.3 is 5.97 Å². The number of rotatable bonds is 5. The fraction of sp³-hybridized carbons (Fsp3) is 0.348. The molecule has 0 bridgehead atoms. The number of esters is 1. The van der Waals surface area contributed by atoms with Gasteiger partial charge in [-0.3, -0.25) is 14.9 Å². The van der Waals surface area contributed by atoms with Crippen molar-refractivity contribution in [1.82, 2.24) is 5.32 Å². The molecule has 168 valence electrons. The fourth-order valence-electron chi connectivity index (χ4n) is 4.42. The van der Waals surface area contributed by atoms with E-state index in [9.17, 15) is 23.9 Å². The Morgan fingerprint density at radius 1 is 1.28 bits per heavy atom. The average Bonchev–Trinajstić information content (AvgIpc) is 3.29. The molecule has 2 heterocycles. The second-order valence-electron chi connectivity index (χ2n) is 8.02. The van der Waals surface area contributed by atoms with Crippen LogP contribution in [0.2, 0.25) is 0 Å². The van der Waals surface area contributed by atoms with Gasteiger partial charge in [-0.05, 0) is 62.7 Å². The van der Waals surface area contributed by atoms with E-state index < -0.39 is 47.2 Å². The molecule has 9 heteroatoms. The Bertz CT molecular complexity index is 1070. The summed E-state index contributed by atoms with van der Waals surface area (Å²) in [5.41, 5.74) is 0.0259. The first-order valence-corrected chi connectivity index (χ1v) is 10.4. The molecule has 0 saturated carbocycles. The largest absolute Gasteiger partial charge is 0.462 e. The molecule has 1 fully saturated rings. The second-order valence-corrected chi connectivity index (χ2v) is 8.02.